The maximum atomic E-state index is 12.3. The van der Waals surface area contributed by atoms with Crippen LogP contribution in [0.1, 0.15) is 116 Å². The molecule has 0 aromatic carbocycles. The van der Waals surface area contributed by atoms with E-state index in [9.17, 15) is 19.5 Å². The molecular formula is C28H57NO4P+. The SMILES string of the molecule is C=C/C=C/CCCCCCCCCCCCCCC(CCCC)C(O)(C[N+](C)(C)C)P(=O)(O)O. The van der Waals surface area contributed by atoms with Crippen molar-refractivity contribution in [2.75, 3.05) is 27.7 Å². The van der Waals surface area contributed by atoms with Crippen molar-refractivity contribution in [3.8, 4) is 0 Å². The lowest BCUT2D eigenvalue weighted by atomic mass is 9.89. The summed E-state index contributed by atoms with van der Waals surface area (Å²) in [6.45, 7) is 5.83. The van der Waals surface area contributed by atoms with E-state index in [1.54, 1.807) is 0 Å². The fourth-order valence-corrected chi connectivity index (χ4v) is 6.17. The topological polar surface area (TPSA) is 77.8 Å². The van der Waals surface area contributed by atoms with Crippen LogP contribution in [0.15, 0.2) is 24.8 Å². The van der Waals surface area contributed by atoms with E-state index < -0.39 is 12.9 Å². The van der Waals surface area contributed by atoms with E-state index >= 15 is 0 Å². The van der Waals surface area contributed by atoms with Gasteiger partial charge in [0.2, 0.25) is 5.34 Å². The fraction of sp³-hybridized carbons (Fsp3) is 0.857. The zero-order valence-corrected chi connectivity index (χ0v) is 23.8. The van der Waals surface area contributed by atoms with E-state index in [1.165, 1.54) is 70.6 Å². The summed E-state index contributed by atoms with van der Waals surface area (Å²) in [5.41, 5.74) is 0. The summed E-state index contributed by atoms with van der Waals surface area (Å²) in [4.78, 5) is 20.1. The summed E-state index contributed by atoms with van der Waals surface area (Å²) in [5, 5.41) is 9.27. The first-order valence-electron chi connectivity index (χ1n) is 13.8. The van der Waals surface area contributed by atoms with Gasteiger partial charge in [-0.1, -0.05) is 115 Å². The highest BCUT2D eigenvalue weighted by atomic mass is 31.2. The van der Waals surface area contributed by atoms with Crippen LogP contribution in [0.5, 0.6) is 0 Å². The first-order chi connectivity index (χ1) is 16.0. The standard InChI is InChI=1S/C28H56NO4P/c1-6-8-10-11-12-13-14-15-16-17-18-19-20-21-22-23-25-27(24-9-7-2)28(30,34(31,32)33)26-29(3,4)5/h6,8,10,27,30H,1,7,9,11-26H2,2-5H3,(H-,31,32,33)/p+1/b10-8+. The number of hydrogen-bond donors (Lipinski definition) is 3. The van der Waals surface area contributed by atoms with Crippen molar-refractivity contribution in [3.05, 3.63) is 24.8 Å². The molecule has 0 heterocycles. The summed E-state index contributed by atoms with van der Waals surface area (Å²) in [6.07, 6.45) is 25.4. The first-order valence-corrected chi connectivity index (χ1v) is 15.4. The average Bonchev–Trinajstić information content (AvgIpc) is 2.73. The number of allylic oxidation sites excluding steroid dienone is 3. The molecule has 2 atom stereocenters. The van der Waals surface area contributed by atoms with Gasteiger partial charge in [0, 0.05) is 5.92 Å². The summed E-state index contributed by atoms with van der Waals surface area (Å²) >= 11 is 0. The Labute approximate surface area is 211 Å². The molecule has 0 radical (unpaired) electrons. The molecule has 2 unspecified atom stereocenters. The second-order valence-corrected chi connectivity index (χ2v) is 13.1. The van der Waals surface area contributed by atoms with Gasteiger partial charge in [-0.15, -0.1) is 0 Å². The van der Waals surface area contributed by atoms with E-state index in [0.29, 0.717) is 17.3 Å². The second-order valence-electron chi connectivity index (χ2n) is 11.2. The Hall–Kier alpha value is -0.450. The van der Waals surface area contributed by atoms with Gasteiger partial charge in [0.25, 0.3) is 0 Å². The lowest BCUT2D eigenvalue weighted by Gasteiger charge is -2.40. The lowest BCUT2D eigenvalue weighted by Crippen LogP contribution is -2.53. The maximum absolute atomic E-state index is 12.3. The molecule has 202 valence electrons. The molecule has 34 heavy (non-hydrogen) atoms. The Morgan fingerprint density at radius 1 is 0.824 bits per heavy atom. The van der Waals surface area contributed by atoms with Crippen LogP contribution >= 0.6 is 7.60 Å². The minimum atomic E-state index is -4.64. The van der Waals surface area contributed by atoms with E-state index in [-0.39, 0.29) is 12.5 Å². The van der Waals surface area contributed by atoms with Crippen LogP contribution < -0.4 is 0 Å². The highest BCUT2D eigenvalue weighted by Crippen LogP contribution is 2.55. The normalized spacial score (nSPS) is 15.5. The molecule has 0 aromatic rings. The van der Waals surface area contributed by atoms with Crippen molar-refractivity contribution in [3.63, 3.8) is 0 Å². The van der Waals surface area contributed by atoms with Crippen LogP contribution in [0.25, 0.3) is 0 Å². The molecule has 0 aliphatic rings. The zero-order chi connectivity index (χ0) is 25.9. The van der Waals surface area contributed by atoms with Crippen molar-refractivity contribution in [1.29, 1.82) is 0 Å². The third-order valence-corrected chi connectivity index (χ3v) is 8.23. The third-order valence-electron chi connectivity index (χ3n) is 6.72. The molecule has 0 aromatic heterocycles. The van der Waals surface area contributed by atoms with Gasteiger partial charge in [0.1, 0.15) is 6.54 Å². The molecule has 5 nitrogen and oxygen atoms in total. The molecule has 0 amide bonds. The van der Waals surface area contributed by atoms with Crippen LogP contribution in [0, 0.1) is 5.92 Å². The molecule has 0 rings (SSSR count). The highest BCUT2D eigenvalue weighted by Gasteiger charge is 2.54. The van der Waals surface area contributed by atoms with Crippen LogP contribution in [-0.2, 0) is 4.57 Å². The number of unbranched alkanes of at least 4 members (excludes halogenated alkanes) is 13. The van der Waals surface area contributed by atoms with E-state index in [0.717, 1.165) is 25.7 Å². The predicted octanol–water partition coefficient (Wildman–Crippen LogP) is 7.57. The fourth-order valence-electron chi connectivity index (χ4n) is 4.83. The van der Waals surface area contributed by atoms with Gasteiger partial charge in [-0.2, -0.15) is 0 Å². The van der Waals surface area contributed by atoms with Gasteiger partial charge in [-0.3, -0.25) is 4.57 Å². The van der Waals surface area contributed by atoms with Crippen LogP contribution in [0.3, 0.4) is 0 Å². The number of rotatable bonds is 23. The average molecular weight is 503 g/mol. The number of likely N-dealkylation sites (N-methyl/N-ethyl adjacent to an activating group) is 1. The Balaban J connectivity index is 4.13. The van der Waals surface area contributed by atoms with Crippen molar-refractivity contribution in [2.45, 2.75) is 121 Å². The monoisotopic (exact) mass is 502 g/mol. The molecule has 0 saturated carbocycles. The van der Waals surface area contributed by atoms with Crippen molar-refractivity contribution in [2.24, 2.45) is 5.92 Å². The largest absolute Gasteiger partial charge is 0.373 e. The smallest absolute Gasteiger partial charge is 0.363 e. The Morgan fingerprint density at radius 2 is 1.26 bits per heavy atom. The van der Waals surface area contributed by atoms with Crippen LogP contribution in [0.2, 0.25) is 0 Å². The van der Waals surface area contributed by atoms with E-state index in [1.807, 2.05) is 33.3 Å². The van der Waals surface area contributed by atoms with E-state index in [2.05, 4.69) is 19.6 Å². The molecule has 6 heteroatoms. The van der Waals surface area contributed by atoms with Gasteiger partial charge in [-0.25, -0.2) is 0 Å². The molecule has 0 spiro atoms. The molecule has 0 fully saturated rings. The minimum absolute atomic E-state index is 0.0675. The second kappa shape index (κ2) is 18.8. The molecule has 3 N–H and O–H groups in total. The van der Waals surface area contributed by atoms with Gasteiger partial charge in [0.15, 0.2) is 0 Å². The maximum Gasteiger partial charge on any atom is 0.363 e. The molecule has 0 saturated heterocycles. The first kappa shape index (κ1) is 33.5. The number of quaternary nitrogens is 1. The Kier molecular flexibility index (Phi) is 18.5. The van der Waals surface area contributed by atoms with Gasteiger partial charge >= 0.3 is 7.60 Å². The zero-order valence-electron chi connectivity index (χ0n) is 22.9. The molecular weight excluding hydrogens is 445 g/mol. The Bertz CT molecular complexity index is 581. The molecule has 0 aliphatic heterocycles. The summed E-state index contributed by atoms with van der Waals surface area (Å²) < 4.78 is 12.7. The van der Waals surface area contributed by atoms with Crippen molar-refractivity contribution >= 4 is 7.60 Å². The number of aliphatic hydroxyl groups is 1. The summed E-state index contributed by atoms with van der Waals surface area (Å²) in [7, 11) is 0.989. The van der Waals surface area contributed by atoms with Gasteiger partial charge in [-0.05, 0) is 25.7 Å². The lowest BCUT2D eigenvalue weighted by molar-refractivity contribution is -0.875. The van der Waals surface area contributed by atoms with Crippen LogP contribution in [-0.4, -0.2) is 52.4 Å². The van der Waals surface area contributed by atoms with E-state index in [4.69, 9.17) is 0 Å². The highest BCUT2D eigenvalue weighted by molar-refractivity contribution is 7.53. The molecule has 0 aliphatic carbocycles. The van der Waals surface area contributed by atoms with Crippen molar-refractivity contribution in [1.82, 2.24) is 0 Å². The van der Waals surface area contributed by atoms with Crippen molar-refractivity contribution < 1.29 is 23.9 Å². The summed E-state index contributed by atoms with van der Waals surface area (Å²) in [6, 6.07) is 0. The Morgan fingerprint density at radius 3 is 1.68 bits per heavy atom. The number of hydrogen-bond acceptors (Lipinski definition) is 2. The summed E-state index contributed by atoms with van der Waals surface area (Å²) in [5.74, 6) is -0.358. The van der Waals surface area contributed by atoms with Gasteiger partial charge in [0.05, 0.1) is 21.1 Å². The van der Waals surface area contributed by atoms with Gasteiger partial charge < -0.3 is 19.4 Å². The third kappa shape index (κ3) is 16.3. The minimum Gasteiger partial charge on any atom is -0.373 e. The predicted molar refractivity (Wildman–Crippen MR) is 147 cm³/mol. The molecule has 0 bridgehead atoms. The quantitative estimate of drug-likeness (QED) is 0.0583. The number of nitrogens with zero attached hydrogens (tertiary/aromatic N) is 1. The van der Waals surface area contributed by atoms with Crippen LogP contribution in [0.4, 0.5) is 0 Å².